The zero-order chi connectivity index (χ0) is 13.1. The lowest BCUT2D eigenvalue weighted by Crippen LogP contribution is -2.43. The number of carbonyl (C=O) groups excluding carboxylic acids is 2. The number of fused-ring (bicyclic) bond motifs is 1. The van der Waals surface area contributed by atoms with Crippen molar-refractivity contribution in [2.45, 2.75) is 12.5 Å². The normalized spacial score (nSPS) is 18.1. The fraction of sp³-hybridized carbons (Fsp3) is 0.385. The minimum absolute atomic E-state index is 0.119. The topological polar surface area (TPSA) is 46.6 Å². The first-order valence-corrected chi connectivity index (χ1v) is 6.23. The van der Waals surface area contributed by atoms with Gasteiger partial charge in [-0.2, -0.15) is 0 Å². The Kier molecular flexibility index (Phi) is 3.87. The van der Waals surface area contributed by atoms with Crippen molar-refractivity contribution in [2.75, 3.05) is 19.5 Å². The summed E-state index contributed by atoms with van der Waals surface area (Å²) in [6.07, 6.45) is 0.227. The lowest BCUT2D eigenvalue weighted by atomic mass is 9.91. The Balaban J connectivity index is 2.43. The smallest absolute Gasteiger partial charge is 0.410 e. The summed E-state index contributed by atoms with van der Waals surface area (Å²) >= 11 is 5.64. The van der Waals surface area contributed by atoms with Crippen LogP contribution in [0.2, 0.25) is 0 Å². The Labute approximate surface area is 110 Å². The lowest BCUT2D eigenvalue weighted by Gasteiger charge is -2.34. The number of rotatable bonds is 2. The number of ether oxygens (including phenoxy) is 1. The molecule has 0 bridgehead atoms. The molecule has 0 aliphatic carbocycles. The van der Waals surface area contributed by atoms with Crippen LogP contribution in [-0.2, 0) is 16.0 Å². The van der Waals surface area contributed by atoms with Crippen molar-refractivity contribution in [1.29, 1.82) is 0 Å². The molecule has 1 amide bonds. The SMILES string of the molecule is COC(=O)N1CCc2ccccc2C1C(=O)CCl. The van der Waals surface area contributed by atoms with Crippen LogP contribution in [0.25, 0.3) is 0 Å². The molecule has 1 atom stereocenters. The van der Waals surface area contributed by atoms with Gasteiger partial charge in [0.05, 0.1) is 13.0 Å². The number of hydrogen-bond donors (Lipinski definition) is 0. The number of alkyl halides is 1. The molecule has 0 N–H and O–H groups in total. The van der Waals surface area contributed by atoms with E-state index in [1.807, 2.05) is 24.3 Å². The highest BCUT2D eigenvalue weighted by molar-refractivity contribution is 6.28. The number of nitrogens with zero attached hydrogens (tertiary/aromatic N) is 1. The minimum Gasteiger partial charge on any atom is -0.453 e. The monoisotopic (exact) mass is 267 g/mol. The van der Waals surface area contributed by atoms with E-state index in [4.69, 9.17) is 16.3 Å². The van der Waals surface area contributed by atoms with Gasteiger partial charge in [-0.05, 0) is 17.5 Å². The van der Waals surface area contributed by atoms with Crippen LogP contribution in [-0.4, -0.2) is 36.3 Å². The van der Waals surface area contributed by atoms with E-state index in [1.165, 1.54) is 12.0 Å². The Hall–Kier alpha value is -1.55. The summed E-state index contributed by atoms with van der Waals surface area (Å²) in [6.45, 7) is 0.469. The predicted octanol–water partition coefficient (Wildman–Crippen LogP) is 2.16. The van der Waals surface area contributed by atoms with Gasteiger partial charge in [0.2, 0.25) is 0 Å². The van der Waals surface area contributed by atoms with E-state index in [0.29, 0.717) is 6.54 Å². The maximum atomic E-state index is 12.0. The van der Waals surface area contributed by atoms with Crippen molar-refractivity contribution >= 4 is 23.5 Å². The molecular formula is C13H14ClNO3. The van der Waals surface area contributed by atoms with Gasteiger partial charge in [-0.25, -0.2) is 4.79 Å². The van der Waals surface area contributed by atoms with Crippen LogP contribution < -0.4 is 0 Å². The van der Waals surface area contributed by atoms with Crippen molar-refractivity contribution < 1.29 is 14.3 Å². The largest absolute Gasteiger partial charge is 0.453 e. The van der Waals surface area contributed by atoms with Crippen LogP contribution in [0.4, 0.5) is 4.79 Å². The molecule has 0 saturated carbocycles. The summed E-state index contributed by atoms with van der Waals surface area (Å²) in [4.78, 5) is 25.1. The van der Waals surface area contributed by atoms with Crippen molar-refractivity contribution in [2.24, 2.45) is 0 Å². The fourth-order valence-corrected chi connectivity index (χ4v) is 2.45. The first kappa shape index (κ1) is 12.9. The molecule has 1 heterocycles. The molecule has 0 radical (unpaired) electrons. The molecule has 18 heavy (non-hydrogen) atoms. The van der Waals surface area contributed by atoms with Crippen LogP contribution in [0, 0.1) is 0 Å². The highest BCUT2D eigenvalue weighted by Gasteiger charge is 2.35. The van der Waals surface area contributed by atoms with Crippen molar-refractivity contribution in [1.82, 2.24) is 4.90 Å². The molecule has 1 aliphatic rings. The van der Waals surface area contributed by atoms with Crippen LogP contribution >= 0.6 is 11.6 Å². The number of Topliss-reactive ketones (excluding diaryl/α,β-unsaturated/α-hetero) is 1. The third-order valence-corrected chi connectivity index (χ3v) is 3.39. The second-order valence-electron chi connectivity index (χ2n) is 4.11. The third kappa shape index (κ3) is 2.20. The zero-order valence-corrected chi connectivity index (χ0v) is 10.8. The molecular weight excluding hydrogens is 254 g/mol. The van der Waals surface area contributed by atoms with E-state index in [-0.39, 0.29) is 11.7 Å². The number of benzene rings is 1. The molecule has 5 heteroatoms. The molecule has 0 aromatic heterocycles. The number of amides is 1. The van der Waals surface area contributed by atoms with Gasteiger partial charge in [0.25, 0.3) is 0 Å². The standard InChI is InChI=1S/C13H14ClNO3/c1-18-13(17)15-7-6-9-4-2-3-5-10(9)12(15)11(16)8-14/h2-5,12H,6-8H2,1H3. The Morgan fingerprint density at radius 3 is 2.83 bits per heavy atom. The average Bonchev–Trinajstić information content (AvgIpc) is 2.44. The van der Waals surface area contributed by atoms with Gasteiger partial charge in [-0.3, -0.25) is 9.69 Å². The van der Waals surface area contributed by atoms with Crippen molar-refractivity contribution in [3.63, 3.8) is 0 Å². The summed E-state index contributed by atoms with van der Waals surface area (Å²) in [6, 6.07) is 6.99. The van der Waals surface area contributed by atoms with Gasteiger partial charge < -0.3 is 4.74 Å². The molecule has 2 rings (SSSR count). The van der Waals surface area contributed by atoms with E-state index >= 15 is 0 Å². The second kappa shape index (κ2) is 5.40. The minimum atomic E-state index is -0.625. The van der Waals surface area contributed by atoms with E-state index in [0.717, 1.165) is 17.5 Å². The van der Waals surface area contributed by atoms with Crippen LogP contribution in [0.1, 0.15) is 17.2 Å². The van der Waals surface area contributed by atoms with Gasteiger partial charge in [0.15, 0.2) is 5.78 Å². The zero-order valence-electron chi connectivity index (χ0n) is 10.1. The Morgan fingerprint density at radius 1 is 1.44 bits per heavy atom. The van der Waals surface area contributed by atoms with Gasteiger partial charge in [-0.15, -0.1) is 11.6 Å². The van der Waals surface area contributed by atoms with Crippen LogP contribution in [0.5, 0.6) is 0 Å². The number of ketones is 1. The molecule has 0 spiro atoms. The summed E-state index contributed by atoms with van der Waals surface area (Å²) in [5.74, 6) is -0.304. The highest BCUT2D eigenvalue weighted by Crippen LogP contribution is 2.31. The molecule has 1 aromatic rings. The van der Waals surface area contributed by atoms with Crippen molar-refractivity contribution in [3.8, 4) is 0 Å². The average molecular weight is 268 g/mol. The van der Waals surface area contributed by atoms with Gasteiger partial charge >= 0.3 is 6.09 Å². The number of halogens is 1. The molecule has 4 nitrogen and oxygen atoms in total. The van der Waals surface area contributed by atoms with Gasteiger partial charge in [-0.1, -0.05) is 24.3 Å². The quantitative estimate of drug-likeness (QED) is 0.772. The molecule has 1 unspecified atom stereocenters. The maximum absolute atomic E-state index is 12.0. The summed E-state index contributed by atoms with van der Waals surface area (Å²) in [5.41, 5.74) is 1.93. The van der Waals surface area contributed by atoms with E-state index in [2.05, 4.69) is 0 Å². The predicted molar refractivity (Wildman–Crippen MR) is 67.7 cm³/mol. The molecule has 0 saturated heterocycles. The number of methoxy groups -OCH3 is 1. The molecule has 96 valence electrons. The first-order chi connectivity index (χ1) is 8.69. The number of hydrogen-bond acceptors (Lipinski definition) is 3. The van der Waals surface area contributed by atoms with E-state index in [9.17, 15) is 9.59 Å². The van der Waals surface area contributed by atoms with Crippen LogP contribution in [0.3, 0.4) is 0 Å². The highest BCUT2D eigenvalue weighted by atomic mass is 35.5. The Morgan fingerprint density at radius 2 is 2.17 bits per heavy atom. The second-order valence-corrected chi connectivity index (χ2v) is 4.38. The molecule has 0 fully saturated rings. The third-order valence-electron chi connectivity index (χ3n) is 3.13. The fourth-order valence-electron chi connectivity index (χ4n) is 2.30. The molecule has 1 aromatic carbocycles. The number of carbonyl (C=O) groups is 2. The Bertz CT molecular complexity index is 475. The van der Waals surface area contributed by atoms with Crippen LogP contribution in [0.15, 0.2) is 24.3 Å². The summed E-state index contributed by atoms with van der Waals surface area (Å²) < 4.78 is 4.72. The van der Waals surface area contributed by atoms with E-state index < -0.39 is 12.1 Å². The van der Waals surface area contributed by atoms with Crippen molar-refractivity contribution in [3.05, 3.63) is 35.4 Å². The maximum Gasteiger partial charge on any atom is 0.410 e. The molecule has 1 aliphatic heterocycles. The van der Waals surface area contributed by atoms with E-state index in [1.54, 1.807) is 0 Å². The van der Waals surface area contributed by atoms with Gasteiger partial charge in [0, 0.05) is 6.54 Å². The summed E-state index contributed by atoms with van der Waals surface area (Å²) in [7, 11) is 1.31. The first-order valence-electron chi connectivity index (χ1n) is 5.70. The lowest BCUT2D eigenvalue weighted by molar-refractivity contribution is -0.121. The summed E-state index contributed by atoms with van der Waals surface area (Å²) in [5, 5.41) is 0. The van der Waals surface area contributed by atoms with Gasteiger partial charge in [0.1, 0.15) is 6.04 Å².